The van der Waals surface area contributed by atoms with Gasteiger partial charge in [0.05, 0.1) is 17.1 Å². The number of Topliss-reactive ketones (excluding diaryl/α,β-unsaturated/α-hetero) is 1. The molecule has 128 valence electrons. The number of carbonyl (C=O) groups excluding carboxylic acids is 1. The summed E-state index contributed by atoms with van der Waals surface area (Å²) in [5.74, 6) is -0.0606. The van der Waals surface area contributed by atoms with Gasteiger partial charge in [-0.25, -0.2) is 0 Å². The summed E-state index contributed by atoms with van der Waals surface area (Å²) >= 11 is 5.61. The highest BCUT2D eigenvalue weighted by Crippen LogP contribution is 2.35. The van der Waals surface area contributed by atoms with Gasteiger partial charge in [-0.3, -0.25) is 4.79 Å². The van der Waals surface area contributed by atoms with E-state index in [1.165, 1.54) is 6.07 Å². The van der Waals surface area contributed by atoms with Crippen molar-refractivity contribution in [3.05, 3.63) is 70.2 Å². The molecule has 1 N–H and O–H groups in total. The molecule has 1 unspecified atom stereocenters. The zero-order valence-electron chi connectivity index (χ0n) is 13.0. The van der Waals surface area contributed by atoms with Crippen LogP contribution in [0.4, 0.5) is 13.2 Å². The normalized spacial score (nSPS) is 12.9. The third-order valence-electron chi connectivity index (χ3n) is 3.58. The van der Waals surface area contributed by atoms with Gasteiger partial charge < -0.3 is 5.32 Å². The number of ketones is 1. The molecule has 0 saturated heterocycles. The van der Waals surface area contributed by atoms with E-state index in [0.717, 1.165) is 6.07 Å². The van der Waals surface area contributed by atoms with E-state index >= 15 is 0 Å². The number of benzene rings is 2. The van der Waals surface area contributed by atoms with Crippen LogP contribution in [0.5, 0.6) is 0 Å². The Labute approximate surface area is 143 Å². The van der Waals surface area contributed by atoms with Crippen molar-refractivity contribution in [2.24, 2.45) is 0 Å². The van der Waals surface area contributed by atoms with E-state index in [4.69, 9.17) is 11.6 Å². The number of hydrogen-bond donors (Lipinski definition) is 1. The highest BCUT2D eigenvalue weighted by molar-refractivity contribution is 6.31. The molecular formula is C18H17ClF3NO. The summed E-state index contributed by atoms with van der Waals surface area (Å²) < 4.78 is 38.6. The molecule has 2 aromatic rings. The van der Waals surface area contributed by atoms with E-state index in [2.05, 4.69) is 5.32 Å². The largest absolute Gasteiger partial charge is 0.417 e. The lowest BCUT2D eigenvalue weighted by Crippen LogP contribution is -2.33. The molecule has 0 aliphatic heterocycles. The maximum atomic E-state index is 12.9. The fourth-order valence-corrected chi connectivity index (χ4v) is 2.56. The van der Waals surface area contributed by atoms with E-state index < -0.39 is 11.7 Å². The molecule has 0 radical (unpaired) electrons. The Morgan fingerprint density at radius 1 is 1.17 bits per heavy atom. The van der Waals surface area contributed by atoms with E-state index in [0.29, 0.717) is 17.5 Å². The number of carbonyl (C=O) groups is 1. The molecule has 2 aromatic carbocycles. The predicted octanol–water partition coefficient (Wildman–Crippen LogP) is 4.76. The maximum Gasteiger partial charge on any atom is 0.417 e. The van der Waals surface area contributed by atoms with E-state index in [9.17, 15) is 18.0 Å². The summed E-state index contributed by atoms with van der Waals surface area (Å²) in [7, 11) is 0. The van der Waals surface area contributed by atoms with Crippen molar-refractivity contribution in [2.75, 3.05) is 6.54 Å². The van der Waals surface area contributed by atoms with Gasteiger partial charge in [-0.2, -0.15) is 13.2 Å². The van der Waals surface area contributed by atoms with Gasteiger partial charge in [0, 0.05) is 11.6 Å². The smallest absolute Gasteiger partial charge is 0.307 e. The van der Waals surface area contributed by atoms with Crippen LogP contribution < -0.4 is 5.32 Å². The van der Waals surface area contributed by atoms with Gasteiger partial charge in [0.1, 0.15) is 0 Å². The lowest BCUT2D eigenvalue weighted by atomic mass is 10.0. The van der Waals surface area contributed by atoms with Gasteiger partial charge in [-0.05, 0) is 31.0 Å². The highest BCUT2D eigenvalue weighted by Gasteiger charge is 2.33. The van der Waals surface area contributed by atoms with E-state index in [1.807, 2.05) is 13.0 Å². The minimum Gasteiger partial charge on any atom is -0.307 e. The Bertz CT molecular complexity index is 701. The summed E-state index contributed by atoms with van der Waals surface area (Å²) in [5, 5.41) is 2.72. The van der Waals surface area contributed by atoms with Crippen molar-refractivity contribution in [3.63, 3.8) is 0 Å². The molecule has 1 atom stereocenters. The molecule has 2 rings (SSSR count). The van der Waals surface area contributed by atoms with Crippen molar-refractivity contribution in [1.82, 2.24) is 5.32 Å². The van der Waals surface area contributed by atoms with E-state index in [1.54, 1.807) is 30.3 Å². The SMILES string of the molecule is CC(Cc1ccc(Cl)c(C(F)(F)F)c1)NCC(=O)c1ccccc1. The Kier molecular flexibility index (Phi) is 6.02. The average Bonchev–Trinajstić information content (AvgIpc) is 2.54. The predicted molar refractivity (Wildman–Crippen MR) is 88.4 cm³/mol. The molecule has 0 aliphatic carbocycles. The second kappa shape index (κ2) is 7.81. The molecule has 0 amide bonds. The molecular weight excluding hydrogens is 339 g/mol. The Morgan fingerprint density at radius 3 is 2.46 bits per heavy atom. The number of nitrogens with one attached hydrogen (secondary N) is 1. The Balaban J connectivity index is 1.95. The first kappa shape index (κ1) is 18.5. The number of alkyl halides is 3. The summed E-state index contributed by atoms with van der Waals surface area (Å²) in [6.45, 7) is 1.95. The molecule has 0 fully saturated rings. The molecule has 2 nitrogen and oxygen atoms in total. The summed E-state index contributed by atoms with van der Waals surface area (Å²) in [6.07, 6.45) is -4.12. The van der Waals surface area contributed by atoms with Crippen LogP contribution in [-0.4, -0.2) is 18.4 Å². The number of halogens is 4. The topological polar surface area (TPSA) is 29.1 Å². The third kappa shape index (κ3) is 5.08. The van der Waals surface area contributed by atoms with E-state index in [-0.39, 0.29) is 23.4 Å². The summed E-state index contributed by atoms with van der Waals surface area (Å²) in [4.78, 5) is 12.0. The standard InChI is InChI=1S/C18H17ClF3NO/c1-12(23-11-17(24)14-5-3-2-4-6-14)9-13-7-8-16(19)15(10-13)18(20,21)22/h2-8,10,12,23H,9,11H2,1H3. The van der Waals surface area contributed by atoms with Gasteiger partial charge in [-0.1, -0.05) is 48.0 Å². The van der Waals surface area contributed by atoms with Crippen molar-refractivity contribution in [3.8, 4) is 0 Å². The first-order chi connectivity index (χ1) is 11.3. The second-order valence-electron chi connectivity index (χ2n) is 5.59. The molecule has 0 bridgehead atoms. The van der Waals surface area contributed by atoms with Crippen molar-refractivity contribution in [2.45, 2.75) is 25.6 Å². The second-order valence-corrected chi connectivity index (χ2v) is 5.99. The molecule has 0 aromatic heterocycles. The van der Waals surface area contributed by atoms with Gasteiger partial charge >= 0.3 is 6.18 Å². The lowest BCUT2D eigenvalue weighted by molar-refractivity contribution is -0.137. The monoisotopic (exact) mass is 355 g/mol. The Morgan fingerprint density at radius 2 is 1.83 bits per heavy atom. The van der Waals surface area contributed by atoms with Crippen LogP contribution in [0, 0.1) is 0 Å². The zero-order valence-corrected chi connectivity index (χ0v) is 13.8. The van der Waals surface area contributed by atoms with Crippen molar-refractivity contribution >= 4 is 17.4 Å². The van der Waals surface area contributed by atoms with Crippen LogP contribution >= 0.6 is 11.6 Å². The summed E-state index contributed by atoms with van der Waals surface area (Å²) in [5.41, 5.74) is 0.274. The minimum atomic E-state index is -4.48. The van der Waals surface area contributed by atoms with Gasteiger partial charge in [0.2, 0.25) is 0 Å². The lowest BCUT2D eigenvalue weighted by Gasteiger charge is -2.15. The van der Waals surface area contributed by atoms with Crippen LogP contribution in [0.25, 0.3) is 0 Å². The first-order valence-corrected chi connectivity index (χ1v) is 7.82. The molecule has 6 heteroatoms. The zero-order chi connectivity index (χ0) is 17.7. The molecule has 0 heterocycles. The molecule has 0 spiro atoms. The van der Waals surface area contributed by atoms with Crippen LogP contribution in [0.15, 0.2) is 48.5 Å². The number of hydrogen-bond acceptors (Lipinski definition) is 2. The van der Waals surface area contributed by atoms with Crippen LogP contribution in [0.3, 0.4) is 0 Å². The Hall–Kier alpha value is -1.85. The van der Waals surface area contributed by atoms with Crippen LogP contribution in [0.1, 0.15) is 28.4 Å². The highest BCUT2D eigenvalue weighted by atomic mass is 35.5. The van der Waals surface area contributed by atoms with Gasteiger partial charge in [-0.15, -0.1) is 0 Å². The van der Waals surface area contributed by atoms with Crippen LogP contribution in [0.2, 0.25) is 5.02 Å². The van der Waals surface area contributed by atoms with Gasteiger partial charge in [0.15, 0.2) is 5.78 Å². The summed E-state index contributed by atoms with van der Waals surface area (Å²) in [6, 6.07) is 12.6. The minimum absolute atomic E-state index is 0.0606. The fraction of sp³-hybridized carbons (Fsp3) is 0.278. The molecule has 0 aliphatic rings. The third-order valence-corrected chi connectivity index (χ3v) is 3.91. The first-order valence-electron chi connectivity index (χ1n) is 7.44. The van der Waals surface area contributed by atoms with Crippen molar-refractivity contribution < 1.29 is 18.0 Å². The quantitative estimate of drug-likeness (QED) is 0.757. The number of rotatable bonds is 6. The van der Waals surface area contributed by atoms with Crippen molar-refractivity contribution in [1.29, 1.82) is 0 Å². The maximum absolute atomic E-state index is 12.9. The molecule has 0 saturated carbocycles. The van der Waals surface area contributed by atoms with Crippen LogP contribution in [-0.2, 0) is 12.6 Å². The fourth-order valence-electron chi connectivity index (χ4n) is 2.34. The average molecular weight is 356 g/mol. The van der Waals surface area contributed by atoms with Gasteiger partial charge in [0.25, 0.3) is 0 Å². The molecule has 24 heavy (non-hydrogen) atoms.